The van der Waals surface area contributed by atoms with Crippen molar-refractivity contribution in [3.63, 3.8) is 0 Å². The minimum atomic E-state index is -0.0763. The molecular weight excluding hydrogens is 438 g/mol. The summed E-state index contributed by atoms with van der Waals surface area (Å²) < 4.78 is 2.21. The second-order valence-corrected chi connectivity index (χ2v) is 8.64. The van der Waals surface area contributed by atoms with E-state index in [1.165, 1.54) is 0 Å². The molecule has 0 spiro atoms. The molecule has 0 radical (unpaired) electrons. The van der Waals surface area contributed by atoms with Gasteiger partial charge in [-0.2, -0.15) is 0 Å². The molecule has 160 valence electrons. The van der Waals surface area contributed by atoms with Gasteiger partial charge in [-0.15, -0.1) is 0 Å². The first-order valence-electron chi connectivity index (χ1n) is 10.4. The van der Waals surface area contributed by atoms with Gasteiger partial charge in [0.05, 0.1) is 17.8 Å². The summed E-state index contributed by atoms with van der Waals surface area (Å²) in [5, 5.41) is 4.99. The first-order valence-corrected chi connectivity index (χ1v) is 11.2. The highest BCUT2D eigenvalue weighted by molar-refractivity contribution is 7.80. The largest absolute Gasteiger partial charge is 0.352 e. The fraction of sp³-hybridized carbons (Fsp3) is 0.160. The van der Waals surface area contributed by atoms with Gasteiger partial charge in [-0.05, 0) is 84.9 Å². The smallest absolute Gasteiger partial charge is 0.170 e. The molecule has 3 aromatic heterocycles. The van der Waals surface area contributed by atoms with Crippen molar-refractivity contribution in [2.75, 3.05) is 0 Å². The Morgan fingerprint density at radius 3 is 2.62 bits per heavy atom. The standard InChI is InChI=1S/C25H22ClN5S/c1-17-15-19(7-8-20(17)26)30-14-4-6-22(30)24-23(21-5-2-3-11-28-21)29-25(32)31(24)16-18-9-12-27-13-10-18/h2-15,23-24H,16H2,1H3,(H,29,32)/t23-,24-/m0/s1. The summed E-state index contributed by atoms with van der Waals surface area (Å²) in [5.41, 5.74) is 5.34. The predicted molar refractivity (Wildman–Crippen MR) is 131 cm³/mol. The number of halogens is 1. The van der Waals surface area contributed by atoms with Crippen LogP contribution in [0.25, 0.3) is 5.69 Å². The van der Waals surface area contributed by atoms with E-state index in [1.807, 2.05) is 68.0 Å². The fourth-order valence-corrected chi connectivity index (χ4v) is 4.65. The normalized spacial score (nSPS) is 18.1. The van der Waals surface area contributed by atoms with Crippen LogP contribution in [0.15, 0.2) is 85.5 Å². The lowest BCUT2D eigenvalue weighted by Crippen LogP contribution is -2.30. The summed E-state index contributed by atoms with van der Waals surface area (Å²) in [6, 6.07) is 20.2. The molecular formula is C25H22ClN5S. The first kappa shape index (κ1) is 20.7. The van der Waals surface area contributed by atoms with Crippen LogP contribution in [-0.2, 0) is 6.54 Å². The number of rotatable bonds is 5. The summed E-state index contributed by atoms with van der Waals surface area (Å²) in [6.07, 6.45) is 7.53. The number of aryl methyl sites for hydroxylation is 1. The Morgan fingerprint density at radius 2 is 1.88 bits per heavy atom. The highest BCUT2D eigenvalue weighted by Crippen LogP contribution is 2.40. The monoisotopic (exact) mass is 459 g/mol. The van der Waals surface area contributed by atoms with Gasteiger partial charge in [0, 0.05) is 47.7 Å². The van der Waals surface area contributed by atoms with Crippen molar-refractivity contribution >= 4 is 28.9 Å². The summed E-state index contributed by atoms with van der Waals surface area (Å²) in [7, 11) is 0. The Labute approximate surface area is 197 Å². The molecule has 7 heteroatoms. The van der Waals surface area contributed by atoms with Crippen LogP contribution in [0.5, 0.6) is 0 Å². The average molecular weight is 460 g/mol. The maximum atomic E-state index is 6.29. The quantitative estimate of drug-likeness (QED) is 0.405. The van der Waals surface area contributed by atoms with Gasteiger partial charge in [0.2, 0.25) is 0 Å². The van der Waals surface area contributed by atoms with Gasteiger partial charge in [0.25, 0.3) is 0 Å². The third-order valence-electron chi connectivity index (χ3n) is 5.80. The number of nitrogens with zero attached hydrogens (tertiary/aromatic N) is 4. The Bertz CT molecular complexity index is 1240. The molecule has 5 rings (SSSR count). The third-order valence-corrected chi connectivity index (χ3v) is 6.58. The zero-order valence-electron chi connectivity index (χ0n) is 17.5. The van der Waals surface area contributed by atoms with Crippen LogP contribution >= 0.6 is 23.8 Å². The Kier molecular flexibility index (Phi) is 5.64. The fourth-order valence-electron chi connectivity index (χ4n) is 4.23. The lowest BCUT2D eigenvalue weighted by molar-refractivity contribution is 0.302. The van der Waals surface area contributed by atoms with E-state index in [1.54, 1.807) is 0 Å². The first-order chi connectivity index (χ1) is 15.6. The SMILES string of the molecule is Cc1cc(-n2cccc2[C@H]2[C@H](c3ccccn3)NC(=S)N2Cc2ccncc2)ccc1Cl. The molecule has 0 bridgehead atoms. The van der Waals surface area contributed by atoms with Crippen LogP contribution in [0.2, 0.25) is 5.02 Å². The van der Waals surface area contributed by atoms with Crippen molar-refractivity contribution in [1.82, 2.24) is 24.8 Å². The molecule has 0 saturated carbocycles. The van der Waals surface area contributed by atoms with Crippen LogP contribution in [0.4, 0.5) is 0 Å². The molecule has 1 fully saturated rings. The molecule has 4 aromatic rings. The lowest BCUT2D eigenvalue weighted by atomic mass is 10.0. The minimum absolute atomic E-state index is 0.0449. The third kappa shape index (κ3) is 3.87. The number of nitrogens with one attached hydrogen (secondary N) is 1. The number of benzene rings is 1. The van der Waals surface area contributed by atoms with E-state index >= 15 is 0 Å². The molecule has 0 aliphatic carbocycles. The van der Waals surface area contributed by atoms with E-state index in [2.05, 4.69) is 49.1 Å². The van der Waals surface area contributed by atoms with Gasteiger partial charge >= 0.3 is 0 Å². The Balaban J connectivity index is 1.61. The molecule has 0 amide bonds. The topological polar surface area (TPSA) is 46.0 Å². The second kappa shape index (κ2) is 8.73. The van der Waals surface area contributed by atoms with Gasteiger partial charge in [-0.1, -0.05) is 17.7 Å². The molecule has 1 aliphatic rings. The van der Waals surface area contributed by atoms with E-state index in [0.29, 0.717) is 11.7 Å². The van der Waals surface area contributed by atoms with E-state index in [9.17, 15) is 0 Å². The predicted octanol–water partition coefficient (Wildman–Crippen LogP) is 5.40. The van der Waals surface area contributed by atoms with Crippen LogP contribution in [0, 0.1) is 6.92 Å². The van der Waals surface area contributed by atoms with Gasteiger partial charge in [0.15, 0.2) is 5.11 Å². The van der Waals surface area contributed by atoms with Crippen LogP contribution < -0.4 is 5.32 Å². The zero-order chi connectivity index (χ0) is 22.1. The number of pyridine rings is 2. The molecule has 1 aromatic carbocycles. The molecule has 1 aliphatic heterocycles. The maximum Gasteiger partial charge on any atom is 0.170 e. The van der Waals surface area contributed by atoms with Crippen molar-refractivity contribution in [1.29, 1.82) is 0 Å². The maximum absolute atomic E-state index is 6.29. The van der Waals surface area contributed by atoms with Gasteiger partial charge in [-0.3, -0.25) is 9.97 Å². The number of hydrogen-bond acceptors (Lipinski definition) is 3. The molecule has 2 atom stereocenters. The van der Waals surface area contributed by atoms with E-state index < -0.39 is 0 Å². The van der Waals surface area contributed by atoms with Crippen molar-refractivity contribution in [2.45, 2.75) is 25.6 Å². The molecule has 0 unspecified atom stereocenters. The van der Waals surface area contributed by atoms with Crippen molar-refractivity contribution in [2.24, 2.45) is 0 Å². The summed E-state index contributed by atoms with van der Waals surface area (Å²) >= 11 is 12.1. The van der Waals surface area contributed by atoms with E-state index in [0.717, 1.165) is 33.2 Å². The lowest BCUT2D eigenvalue weighted by Gasteiger charge is -2.29. The summed E-state index contributed by atoms with van der Waals surface area (Å²) in [5.74, 6) is 0. The number of thiocarbonyl (C=S) groups is 1. The van der Waals surface area contributed by atoms with Gasteiger partial charge in [0.1, 0.15) is 0 Å². The minimum Gasteiger partial charge on any atom is -0.352 e. The van der Waals surface area contributed by atoms with E-state index in [-0.39, 0.29) is 12.1 Å². The average Bonchev–Trinajstić information content (AvgIpc) is 3.42. The molecule has 5 nitrogen and oxygen atoms in total. The summed E-state index contributed by atoms with van der Waals surface area (Å²) in [4.78, 5) is 11.0. The highest BCUT2D eigenvalue weighted by Gasteiger charge is 2.41. The molecule has 4 heterocycles. The highest BCUT2D eigenvalue weighted by atomic mass is 35.5. The Morgan fingerprint density at radius 1 is 1.03 bits per heavy atom. The molecule has 32 heavy (non-hydrogen) atoms. The van der Waals surface area contributed by atoms with Crippen molar-refractivity contribution in [3.05, 3.63) is 113 Å². The molecule has 1 N–H and O–H groups in total. The summed E-state index contributed by atoms with van der Waals surface area (Å²) in [6.45, 7) is 2.70. The van der Waals surface area contributed by atoms with Gasteiger partial charge < -0.3 is 14.8 Å². The number of hydrogen-bond donors (Lipinski definition) is 1. The van der Waals surface area contributed by atoms with Gasteiger partial charge in [-0.25, -0.2) is 0 Å². The number of aromatic nitrogens is 3. The van der Waals surface area contributed by atoms with Crippen LogP contribution in [0.1, 0.15) is 34.6 Å². The zero-order valence-corrected chi connectivity index (χ0v) is 19.1. The van der Waals surface area contributed by atoms with Crippen LogP contribution in [-0.4, -0.2) is 24.5 Å². The van der Waals surface area contributed by atoms with Crippen molar-refractivity contribution < 1.29 is 0 Å². The van der Waals surface area contributed by atoms with Crippen molar-refractivity contribution in [3.8, 4) is 5.69 Å². The molecule has 1 saturated heterocycles. The Hall–Kier alpha value is -3.22. The second-order valence-electron chi connectivity index (χ2n) is 7.85. The van der Waals surface area contributed by atoms with Crippen LogP contribution in [0.3, 0.4) is 0 Å². The van der Waals surface area contributed by atoms with E-state index in [4.69, 9.17) is 23.8 Å².